The Labute approximate surface area is 81.0 Å². The van der Waals surface area contributed by atoms with Gasteiger partial charge in [-0.25, -0.2) is 0 Å². The molecule has 2 rings (SSSR count). The summed E-state index contributed by atoms with van der Waals surface area (Å²) >= 11 is 0. The van der Waals surface area contributed by atoms with E-state index >= 15 is 0 Å². The molecule has 0 aromatic heterocycles. The smallest absolute Gasteiger partial charge is 0.288 e. The van der Waals surface area contributed by atoms with E-state index in [2.05, 4.69) is 42.0 Å². The minimum Gasteiger partial charge on any atom is -0.397 e. The molecule has 2 nitrogen and oxygen atoms in total. The largest absolute Gasteiger partial charge is 0.397 e. The lowest BCUT2D eigenvalue weighted by Crippen LogP contribution is -2.40. The summed E-state index contributed by atoms with van der Waals surface area (Å²) in [6, 6.07) is 1.23. The molecule has 13 heavy (non-hydrogen) atoms. The van der Waals surface area contributed by atoms with E-state index < -0.39 is 9.20 Å². The van der Waals surface area contributed by atoms with Crippen molar-refractivity contribution in [1.29, 1.82) is 0 Å². The van der Waals surface area contributed by atoms with Crippen LogP contribution >= 0.6 is 0 Å². The van der Waals surface area contributed by atoms with E-state index in [1.807, 2.05) is 0 Å². The van der Waals surface area contributed by atoms with Crippen LogP contribution in [-0.4, -0.2) is 20.4 Å². The Morgan fingerprint density at radius 3 is 3.31 bits per heavy atom. The predicted octanol–water partition coefficient (Wildman–Crippen LogP) is 1.92. The van der Waals surface area contributed by atoms with Gasteiger partial charge in [0.1, 0.15) is 0 Å². The van der Waals surface area contributed by atoms with E-state index in [1.165, 1.54) is 18.2 Å². The molecular weight excluding hydrogens is 178 g/mol. The van der Waals surface area contributed by atoms with Crippen molar-refractivity contribution in [2.75, 3.05) is 6.61 Å². The lowest BCUT2D eigenvalue weighted by atomic mass is 10.3. The van der Waals surface area contributed by atoms with Crippen molar-refractivity contribution in [2.45, 2.75) is 19.4 Å². The molecule has 70 valence electrons. The Morgan fingerprint density at radius 1 is 1.54 bits per heavy atom. The highest BCUT2D eigenvalue weighted by atomic mass is 28.3. The van der Waals surface area contributed by atoms with Crippen LogP contribution in [0.15, 0.2) is 36.2 Å². The zero-order valence-electron chi connectivity index (χ0n) is 7.94. The van der Waals surface area contributed by atoms with Gasteiger partial charge in [0.25, 0.3) is 9.20 Å². The fourth-order valence-corrected chi connectivity index (χ4v) is 3.93. The van der Waals surface area contributed by atoms with E-state index in [-0.39, 0.29) is 0 Å². The molecule has 0 saturated carbocycles. The third-order valence-electron chi connectivity index (χ3n) is 2.35. The van der Waals surface area contributed by atoms with Gasteiger partial charge in [-0.1, -0.05) is 19.4 Å². The third kappa shape index (κ3) is 1.76. The van der Waals surface area contributed by atoms with E-state index in [4.69, 9.17) is 4.43 Å². The Bertz CT molecular complexity index is 270. The van der Waals surface area contributed by atoms with Crippen LogP contribution in [0.1, 0.15) is 13.3 Å². The lowest BCUT2D eigenvalue weighted by molar-refractivity contribution is 0.312. The van der Waals surface area contributed by atoms with Crippen molar-refractivity contribution in [3.05, 3.63) is 36.2 Å². The highest BCUT2D eigenvalue weighted by Gasteiger charge is 2.24. The fourth-order valence-electron chi connectivity index (χ4n) is 1.70. The fraction of sp³-hybridized carbons (Fsp3) is 0.400. The number of rotatable bonds is 2. The lowest BCUT2D eigenvalue weighted by Gasteiger charge is -2.34. The minimum atomic E-state index is -1.14. The van der Waals surface area contributed by atoms with Crippen LogP contribution in [0.3, 0.4) is 0 Å². The minimum absolute atomic E-state index is 0.806. The van der Waals surface area contributed by atoms with Crippen LogP contribution in [-0.2, 0) is 4.43 Å². The number of hydrogen-bond acceptors (Lipinski definition) is 2. The summed E-state index contributed by atoms with van der Waals surface area (Å²) in [5, 5.41) is 0. The molecule has 2 aliphatic heterocycles. The molecule has 0 aromatic rings. The maximum Gasteiger partial charge on any atom is 0.288 e. The first-order valence-electron chi connectivity index (χ1n) is 4.87. The topological polar surface area (TPSA) is 12.5 Å². The molecule has 0 N–H and O–H groups in total. The molecule has 0 radical (unpaired) electrons. The maximum absolute atomic E-state index is 5.79. The van der Waals surface area contributed by atoms with Crippen molar-refractivity contribution >= 4 is 9.20 Å². The van der Waals surface area contributed by atoms with Gasteiger partial charge in [0, 0.05) is 5.70 Å². The van der Waals surface area contributed by atoms with E-state index in [9.17, 15) is 0 Å². The molecule has 2 heterocycles. The summed E-state index contributed by atoms with van der Waals surface area (Å²) in [6.07, 6.45) is 11.9. The van der Waals surface area contributed by atoms with Crippen LogP contribution in [0, 0.1) is 0 Å². The predicted molar refractivity (Wildman–Crippen MR) is 56.4 cm³/mol. The molecule has 1 unspecified atom stereocenters. The number of nitrogens with zero attached hydrogens (tertiary/aromatic N) is 1. The third-order valence-corrected chi connectivity index (χ3v) is 5.09. The zero-order chi connectivity index (χ0) is 9.10. The number of hydrogen-bond donors (Lipinski definition) is 0. The Kier molecular flexibility index (Phi) is 2.66. The normalized spacial score (nSPS) is 25.8. The number of allylic oxidation sites excluding steroid dienone is 3. The first-order chi connectivity index (χ1) is 6.42. The van der Waals surface area contributed by atoms with Gasteiger partial charge in [0.2, 0.25) is 0 Å². The summed E-state index contributed by atoms with van der Waals surface area (Å²) in [6.45, 7) is 3.03. The Morgan fingerprint density at radius 2 is 2.46 bits per heavy atom. The molecule has 2 aliphatic rings. The van der Waals surface area contributed by atoms with Crippen LogP contribution in [0.5, 0.6) is 0 Å². The molecule has 0 aromatic carbocycles. The standard InChI is InChI=1S/C10H15NOSi/c1-2-9-13-11-7-4-3-5-10(11)6-8-12-13/h3-7,13H,2,8-9H2,1H3. The first kappa shape index (κ1) is 8.78. The van der Waals surface area contributed by atoms with E-state index in [0.29, 0.717) is 0 Å². The van der Waals surface area contributed by atoms with Crippen molar-refractivity contribution in [3.8, 4) is 0 Å². The molecule has 0 spiro atoms. The van der Waals surface area contributed by atoms with Gasteiger partial charge in [-0.3, -0.25) is 0 Å². The van der Waals surface area contributed by atoms with E-state index in [1.54, 1.807) is 0 Å². The molecule has 0 aliphatic carbocycles. The molecule has 0 amide bonds. The second kappa shape index (κ2) is 3.94. The maximum atomic E-state index is 5.79. The number of fused-ring (bicyclic) bond motifs is 1. The highest BCUT2D eigenvalue weighted by Crippen LogP contribution is 2.21. The summed E-state index contributed by atoms with van der Waals surface area (Å²) < 4.78 is 8.13. The van der Waals surface area contributed by atoms with Gasteiger partial charge in [0.05, 0.1) is 6.61 Å². The van der Waals surface area contributed by atoms with Gasteiger partial charge >= 0.3 is 0 Å². The van der Waals surface area contributed by atoms with Gasteiger partial charge < -0.3 is 8.99 Å². The Balaban J connectivity index is 2.14. The van der Waals surface area contributed by atoms with Crippen LogP contribution in [0.2, 0.25) is 6.04 Å². The Hall–Kier alpha value is -0.803. The van der Waals surface area contributed by atoms with Crippen LogP contribution in [0.25, 0.3) is 0 Å². The second-order valence-electron chi connectivity index (χ2n) is 3.31. The highest BCUT2D eigenvalue weighted by molar-refractivity contribution is 6.50. The van der Waals surface area contributed by atoms with Crippen molar-refractivity contribution in [2.24, 2.45) is 0 Å². The molecule has 0 bridgehead atoms. The van der Waals surface area contributed by atoms with Gasteiger partial charge in [-0.2, -0.15) is 0 Å². The van der Waals surface area contributed by atoms with Gasteiger partial charge in [0.15, 0.2) is 0 Å². The summed E-state index contributed by atoms with van der Waals surface area (Å²) in [5.41, 5.74) is 1.33. The van der Waals surface area contributed by atoms with Crippen LogP contribution < -0.4 is 0 Å². The molecule has 0 saturated heterocycles. The van der Waals surface area contributed by atoms with Gasteiger partial charge in [-0.05, 0) is 30.5 Å². The van der Waals surface area contributed by atoms with Crippen molar-refractivity contribution in [1.82, 2.24) is 4.57 Å². The monoisotopic (exact) mass is 193 g/mol. The van der Waals surface area contributed by atoms with Crippen molar-refractivity contribution < 1.29 is 4.43 Å². The molecule has 3 heteroatoms. The average Bonchev–Trinajstić information content (AvgIpc) is 2.19. The quantitative estimate of drug-likeness (QED) is 0.621. The van der Waals surface area contributed by atoms with Gasteiger partial charge in [-0.15, -0.1) is 0 Å². The molecule has 1 atom stereocenters. The first-order valence-corrected chi connectivity index (χ1v) is 6.67. The molecular formula is C10H15NOSi. The summed E-state index contributed by atoms with van der Waals surface area (Å²) in [4.78, 5) is 0. The van der Waals surface area contributed by atoms with Crippen molar-refractivity contribution in [3.63, 3.8) is 0 Å². The molecule has 0 fully saturated rings. The average molecular weight is 193 g/mol. The second-order valence-corrected chi connectivity index (χ2v) is 5.69. The summed E-state index contributed by atoms with van der Waals surface area (Å²) in [5.74, 6) is 0. The zero-order valence-corrected chi connectivity index (χ0v) is 9.10. The SMILES string of the molecule is CCC[SiH]1OCC=C2C=CC=CN21. The summed E-state index contributed by atoms with van der Waals surface area (Å²) in [7, 11) is -1.14. The van der Waals surface area contributed by atoms with E-state index in [0.717, 1.165) is 6.61 Å². The van der Waals surface area contributed by atoms with Crippen LogP contribution in [0.4, 0.5) is 0 Å².